The van der Waals surface area contributed by atoms with Gasteiger partial charge in [-0.25, -0.2) is 4.79 Å². The number of rotatable bonds is 9. The molecule has 8 heteroatoms. The van der Waals surface area contributed by atoms with Crippen molar-refractivity contribution < 1.29 is 18.8 Å². The van der Waals surface area contributed by atoms with Crippen molar-refractivity contribution in [2.24, 2.45) is 0 Å². The van der Waals surface area contributed by atoms with Crippen LogP contribution in [-0.4, -0.2) is 47.4 Å². The van der Waals surface area contributed by atoms with Crippen LogP contribution in [0.4, 0.5) is 4.79 Å². The second-order valence-corrected chi connectivity index (χ2v) is 9.31. The summed E-state index contributed by atoms with van der Waals surface area (Å²) >= 11 is 0. The molecule has 8 nitrogen and oxygen atoms in total. The first-order valence-corrected chi connectivity index (χ1v) is 12.2. The number of hydrogen-bond acceptors (Lipinski definition) is 6. The van der Waals surface area contributed by atoms with E-state index in [-0.39, 0.29) is 12.1 Å². The van der Waals surface area contributed by atoms with Crippen molar-refractivity contribution >= 4 is 11.6 Å². The van der Waals surface area contributed by atoms with E-state index in [1.165, 1.54) is 5.56 Å². The molecule has 2 aromatic carbocycles. The third kappa shape index (κ3) is 5.44. The Hall–Kier alpha value is -3.65. The largest absolute Gasteiger partial charge is 0.497 e. The number of ether oxygens (including phenoxy) is 2. The molecule has 1 N–H and O–H groups in total. The fourth-order valence-electron chi connectivity index (χ4n) is 4.28. The molecule has 2 amide bonds. The summed E-state index contributed by atoms with van der Waals surface area (Å²) in [7, 11) is 1.62. The molecule has 0 spiro atoms. The smallest absolute Gasteiger partial charge is 0.322 e. The van der Waals surface area contributed by atoms with E-state index >= 15 is 0 Å². The second-order valence-electron chi connectivity index (χ2n) is 9.31. The number of nitrogens with one attached hydrogen (secondary N) is 1. The summed E-state index contributed by atoms with van der Waals surface area (Å²) in [5.74, 6) is 1.54. The maximum absolute atomic E-state index is 13.2. The van der Waals surface area contributed by atoms with Crippen LogP contribution in [-0.2, 0) is 4.74 Å². The summed E-state index contributed by atoms with van der Waals surface area (Å²) in [6.45, 7) is 11.2. The molecule has 2 heterocycles. The second kappa shape index (κ2) is 11.0. The number of carbonyl (C=O) groups is 1. The fraction of sp³-hybridized carbons (Fsp3) is 0.393. The third-order valence-electron chi connectivity index (χ3n) is 6.42. The first-order chi connectivity index (χ1) is 17.3. The Kier molecular flexibility index (Phi) is 7.74. The molecule has 0 aliphatic carbocycles. The molecule has 36 heavy (non-hydrogen) atoms. The van der Waals surface area contributed by atoms with E-state index < -0.39 is 6.04 Å². The lowest BCUT2D eigenvalue weighted by atomic mass is 9.92. The minimum Gasteiger partial charge on any atom is -0.497 e. The minimum absolute atomic E-state index is 0.148. The Morgan fingerprint density at radius 2 is 1.92 bits per heavy atom. The van der Waals surface area contributed by atoms with E-state index in [4.69, 9.17) is 19.0 Å². The van der Waals surface area contributed by atoms with Gasteiger partial charge in [-0.15, -0.1) is 0 Å². The number of allylic oxidation sites excluding steroid dienone is 1. The third-order valence-corrected chi connectivity index (χ3v) is 6.42. The summed E-state index contributed by atoms with van der Waals surface area (Å²) in [6, 6.07) is 13.1. The van der Waals surface area contributed by atoms with E-state index in [0.29, 0.717) is 37.0 Å². The van der Waals surface area contributed by atoms with Crippen molar-refractivity contribution in [3.05, 3.63) is 70.7 Å². The van der Waals surface area contributed by atoms with Crippen LogP contribution >= 0.6 is 0 Å². The van der Waals surface area contributed by atoms with Crippen molar-refractivity contribution in [2.45, 2.75) is 53.2 Å². The lowest BCUT2D eigenvalue weighted by Crippen LogP contribution is -2.46. The van der Waals surface area contributed by atoms with Gasteiger partial charge >= 0.3 is 6.03 Å². The van der Waals surface area contributed by atoms with E-state index in [1.807, 2.05) is 51.1 Å². The molecule has 0 bridgehead atoms. The van der Waals surface area contributed by atoms with E-state index in [2.05, 4.69) is 36.5 Å². The highest BCUT2D eigenvalue weighted by Gasteiger charge is 2.35. The van der Waals surface area contributed by atoms with Crippen molar-refractivity contribution in [2.75, 3.05) is 20.3 Å². The van der Waals surface area contributed by atoms with E-state index in [1.54, 1.807) is 12.0 Å². The summed E-state index contributed by atoms with van der Waals surface area (Å²) in [4.78, 5) is 19.7. The molecule has 3 aromatic rings. The van der Waals surface area contributed by atoms with Gasteiger partial charge < -0.3 is 19.3 Å². The van der Waals surface area contributed by atoms with Crippen LogP contribution in [0.15, 0.2) is 52.7 Å². The quantitative estimate of drug-likeness (QED) is 0.389. The van der Waals surface area contributed by atoms with Crippen LogP contribution in [0.25, 0.3) is 17.0 Å². The Balaban J connectivity index is 1.73. The van der Waals surface area contributed by atoms with Crippen LogP contribution in [0, 0.1) is 13.8 Å². The Morgan fingerprint density at radius 3 is 2.64 bits per heavy atom. The van der Waals surface area contributed by atoms with Crippen molar-refractivity contribution in [3.63, 3.8) is 0 Å². The number of aryl methyl sites for hydroxylation is 2. The van der Waals surface area contributed by atoms with Crippen LogP contribution in [0.3, 0.4) is 0 Å². The number of urea groups is 1. The zero-order chi connectivity index (χ0) is 25.8. The number of nitrogens with zero attached hydrogens (tertiary/aromatic N) is 3. The average molecular weight is 491 g/mol. The highest BCUT2D eigenvalue weighted by atomic mass is 16.5. The molecule has 1 aromatic heterocycles. The predicted molar refractivity (Wildman–Crippen MR) is 138 cm³/mol. The summed E-state index contributed by atoms with van der Waals surface area (Å²) in [5, 5.41) is 7.41. The van der Waals surface area contributed by atoms with E-state index in [9.17, 15) is 4.79 Å². The number of methoxy groups -OCH3 is 1. The summed E-state index contributed by atoms with van der Waals surface area (Å²) in [5.41, 5.74) is 5.65. The molecular formula is C28H34N4O4. The first-order valence-electron chi connectivity index (χ1n) is 12.2. The van der Waals surface area contributed by atoms with Crippen molar-refractivity contribution in [1.82, 2.24) is 20.4 Å². The first kappa shape index (κ1) is 25.4. The minimum atomic E-state index is -0.418. The molecule has 0 saturated carbocycles. The molecule has 1 aliphatic rings. The molecule has 1 unspecified atom stereocenters. The number of carbonyl (C=O) groups excluding carboxylic acids is 1. The molecular weight excluding hydrogens is 456 g/mol. The van der Waals surface area contributed by atoms with Gasteiger partial charge in [-0.05, 0) is 69.9 Å². The van der Waals surface area contributed by atoms with Gasteiger partial charge in [0.1, 0.15) is 5.75 Å². The molecule has 4 rings (SSSR count). The number of hydrogen-bond donors (Lipinski definition) is 1. The van der Waals surface area contributed by atoms with Gasteiger partial charge in [-0.1, -0.05) is 35.5 Å². The van der Waals surface area contributed by atoms with Gasteiger partial charge in [0.25, 0.3) is 5.89 Å². The molecule has 0 fully saturated rings. The normalized spacial score (nSPS) is 16.0. The SMILES string of the molecule is COc1cccc(-c2noc(C3=C(C)N(CCCOC(C)C)C(=O)NC3c3ccc(C)c(C)c3)n2)c1. The highest BCUT2D eigenvalue weighted by Crippen LogP contribution is 2.38. The summed E-state index contributed by atoms with van der Waals surface area (Å²) < 4.78 is 16.8. The van der Waals surface area contributed by atoms with Crippen LogP contribution in [0.5, 0.6) is 5.75 Å². The standard InChI is InChI=1S/C28H34N4O4/c1-17(2)35-14-8-13-32-20(5)24(25(29-28(32)33)21-12-11-18(3)19(4)15-21)27-30-26(31-36-27)22-9-7-10-23(16-22)34-6/h7,9-12,15-17,25H,8,13-14H2,1-6H3,(H,29,33). The van der Waals surface area contributed by atoms with Crippen LogP contribution in [0.2, 0.25) is 0 Å². The molecule has 1 atom stereocenters. The van der Waals surface area contributed by atoms with Gasteiger partial charge in [0, 0.05) is 24.4 Å². The van der Waals surface area contributed by atoms with Crippen LogP contribution in [0.1, 0.15) is 55.8 Å². The lowest BCUT2D eigenvalue weighted by molar-refractivity contribution is 0.0736. The maximum Gasteiger partial charge on any atom is 0.322 e. The Morgan fingerprint density at radius 1 is 1.11 bits per heavy atom. The van der Waals surface area contributed by atoms with Gasteiger partial charge in [-0.2, -0.15) is 4.98 Å². The van der Waals surface area contributed by atoms with Crippen LogP contribution < -0.4 is 10.1 Å². The molecule has 1 aliphatic heterocycles. The maximum atomic E-state index is 13.2. The number of amides is 2. The molecule has 0 radical (unpaired) electrons. The van der Waals surface area contributed by atoms with Gasteiger partial charge in [0.05, 0.1) is 24.8 Å². The van der Waals surface area contributed by atoms with Gasteiger partial charge in [-0.3, -0.25) is 4.90 Å². The summed E-state index contributed by atoms with van der Waals surface area (Å²) in [6.07, 6.45) is 0.860. The zero-order valence-electron chi connectivity index (χ0n) is 21.8. The Labute approximate surface area is 212 Å². The van der Waals surface area contributed by atoms with Gasteiger partial charge in [0.2, 0.25) is 5.82 Å². The fourth-order valence-corrected chi connectivity index (χ4v) is 4.28. The Bertz CT molecular complexity index is 1260. The lowest BCUT2D eigenvalue weighted by Gasteiger charge is -2.35. The van der Waals surface area contributed by atoms with Gasteiger partial charge in [0.15, 0.2) is 0 Å². The monoisotopic (exact) mass is 490 g/mol. The topological polar surface area (TPSA) is 89.7 Å². The number of benzene rings is 2. The highest BCUT2D eigenvalue weighted by molar-refractivity contribution is 5.87. The zero-order valence-corrected chi connectivity index (χ0v) is 21.8. The average Bonchev–Trinajstić information content (AvgIpc) is 3.34. The van der Waals surface area contributed by atoms with E-state index in [0.717, 1.165) is 28.0 Å². The molecule has 190 valence electrons. The number of aromatic nitrogens is 2. The molecule has 0 saturated heterocycles. The van der Waals surface area contributed by atoms with Crippen molar-refractivity contribution in [1.29, 1.82) is 0 Å². The predicted octanol–water partition coefficient (Wildman–Crippen LogP) is 5.67. The van der Waals surface area contributed by atoms with Crippen molar-refractivity contribution in [3.8, 4) is 17.1 Å².